The van der Waals surface area contributed by atoms with Gasteiger partial charge in [0, 0.05) is 0 Å². The number of para-hydroxylation sites is 1. The van der Waals surface area contributed by atoms with Crippen LogP contribution in [0.5, 0.6) is 0 Å². The monoisotopic (exact) mass is 255 g/mol. The molecule has 3 N–H and O–H groups in total. The average Bonchev–Trinajstić information content (AvgIpc) is 3.12. The van der Waals surface area contributed by atoms with Crippen molar-refractivity contribution < 1.29 is 4.42 Å². The first-order valence-electron chi connectivity index (χ1n) is 5.85. The summed E-state index contributed by atoms with van der Waals surface area (Å²) in [6.07, 6.45) is 3.27. The molecule has 0 spiro atoms. The molecule has 1 unspecified atom stereocenters. The van der Waals surface area contributed by atoms with Crippen LogP contribution in [-0.4, -0.2) is 15.0 Å². The van der Waals surface area contributed by atoms with Crippen LogP contribution in [-0.2, 0) is 0 Å². The van der Waals surface area contributed by atoms with Crippen molar-refractivity contribution in [1.82, 2.24) is 20.4 Å². The fourth-order valence-corrected chi connectivity index (χ4v) is 1.86. The van der Waals surface area contributed by atoms with Gasteiger partial charge in [-0.3, -0.25) is 5.84 Å². The molecule has 1 atom stereocenters. The van der Waals surface area contributed by atoms with Crippen LogP contribution in [0.25, 0.3) is 5.69 Å². The van der Waals surface area contributed by atoms with Crippen molar-refractivity contribution >= 4 is 0 Å². The molecule has 6 heteroatoms. The van der Waals surface area contributed by atoms with Crippen LogP contribution < -0.4 is 11.3 Å². The van der Waals surface area contributed by atoms with Gasteiger partial charge in [-0.2, -0.15) is 15.0 Å². The molecule has 0 bridgehead atoms. The number of rotatable bonds is 4. The van der Waals surface area contributed by atoms with Crippen LogP contribution in [0.15, 0.2) is 59.3 Å². The standard InChI is InChI=1S/C13H13N5O/c14-16-13(12-7-4-8-19-12)11-9-15-18(17-11)10-5-2-1-3-6-10/h1-9,13,16H,14H2. The van der Waals surface area contributed by atoms with Gasteiger partial charge in [0.1, 0.15) is 17.5 Å². The highest BCUT2D eigenvalue weighted by molar-refractivity contribution is 5.29. The summed E-state index contributed by atoms with van der Waals surface area (Å²) in [5.74, 6) is 6.25. The zero-order valence-electron chi connectivity index (χ0n) is 10.1. The van der Waals surface area contributed by atoms with E-state index in [1.54, 1.807) is 23.3 Å². The topological polar surface area (TPSA) is 81.9 Å². The molecule has 0 saturated heterocycles. The van der Waals surface area contributed by atoms with Gasteiger partial charge in [-0.15, -0.1) is 0 Å². The van der Waals surface area contributed by atoms with Gasteiger partial charge in [0.15, 0.2) is 0 Å². The minimum Gasteiger partial charge on any atom is -0.467 e. The van der Waals surface area contributed by atoms with E-state index in [0.29, 0.717) is 11.5 Å². The molecule has 1 aromatic carbocycles. The Kier molecular flexibility index (Phi) is 3.09. The van der Waals surface area contributed by atoms with Crippen molar-refractivity contribution in [2.75, 3.05) is 0 Å². The number of nitrogens with zero attached hydrogens (tertiary/aromatic N) is 3. The SMILES string of the molecule is NNC(c1cnn(-c2ccccc2)n1)c1ccco1. The van der Waals surface area contributed by atoms with Gasteiger partial charge in [-0.1, -0.05) is 18.2 Å². The van der Waals surface area contributed by atoms with Crippen LogP contribution in [0.4, 0.5) is 0 Å². The van der Waals surface area contributed by atoms with E-state index in [1.807, 2.05) is 36.4 Å². The lowest BCUT2D eigenvalue weighted by Crippen LogP contribution is -2.28. The highest BCUT2D eigenvalue weighted by atomic mass is 16.3. The number of hydrazine groups is 1. The van der Waals surface area contributed by atoms with E-state index in [-0.39, 0.29) is 6.04 Å². The molecular formula is C13H13N5O. The Labute approximate surface area is 109 Å². The van der Waals surface area contributed by atoms with Crippen molar-refractivity contribution in [3.8, 4) is 5.69 Å². The molecule has 3 rings (SSSR count). The summed E-state index contributed by atoms with van der Waals surface area (Å²) in [6, 6.07) is 13.0. The number of hydrogen-bond donors (Lipinski definition) is 2. The van der Waals surface area contributed by atoms with E-state index in [2.05, 4.69) is 15.6 Å². The first kappa shape index (κ1) is 11.6. The van der Waals surface area contributed by atoms with Gasteiger partial charge in [0.25, 0.3) is 0 Å². The molecule has 0 aliphatic heterocycles. The van der Waals surface area contributed by atoms with Gasteiger partial charge in [-0.25, -0.2) is 5.43 Å². The molecule has 2 heterocycles. The van der Waals surface area contributed by atoms with Gasteiger partial charge < -0.3 is 4.42 Å². The van der Waals surface area contributed by atoms with Crippen LogP contribution >= 0.6 is 0 Å². The first-order chi connectivity index (χ1) is 9.38. The lowest BCUT2D eigenvalue weighted by Gasteiger charge is -2.09. The first-order valence-corrected chi connectivity index (χ1v) is 5.85. The summed E-state index contributed by atoms with van der Waals surface area (Å²) >= 11 is 0. The molecule has 6 nitrogen and oxygen atoms in total. The van der Waals surface area contributed by atoms with Crippen LogP contribution in [0.1, 0.15) is 17.5 Å². The smallest absolute Gasteiger partial charge is 0.128 e. The van der Waals surface area contributed by atoms with Crippen molar-refractivity contribution in [3.63, 3.8) is 0 Å². The van der Waals surface area contributed by atoms with Gasteiger partial charge in [-0.05, 0) is 24.3 Å². The van der Waals surface area contributed by atoms with Gasteiger partial charge in [0.2, 0.25) is 0 Å². The van der Waals surface area contributed by atoms with Crippen molar-refractivity contribution in [1.29, 1.82) is 0 Å². The minimum absolute atomic E-state index is 0.313. The Morgan fingerprint density at radius 1 is 1.16 bits per heavy atom. The fraction of sp³-hybridized carbons (Fsp3) is 0.0769. The zero-order chi connectivity index (χ0) is 13.1. The van der Waals surface area contributed by atoms with Crippen LogP contribution in [0, 0.1) is 0 Å². The summed E-state index contributed by atoms with van der Waals surface area (Å²) in [7, 11) is 0. The van der Waals surface area contributed by atoms with E-state index in [4.69, 9.17) is 10.3 Å². The number of aromatic nitrogens is 3. The molecule has 0 fully saturated rings. The third-order valence-electron chi connectivity index (χ3n) is 2.79. The third-order valence-corrected chi connectivity index (χ3v) is 2.79. The normalized spacial score (nSPS) is 12.5. The second-order valence-electron chi connectivity index (χ2n) is 4.01. The average molecular weight is 255 g/mol. The zero-order valence-corrected chi connectivity index (χ0v) is 10.1. The molecule has 3 aromatic rings. The summed E-state index contributed by atoms with van der Waals surface area (Å²) < 4.78 is 5.34. The Bertz CT molecular complexity index is 632. The predicted octanol–water partition coefficient (Wildman–Crippen LogP) is 1.41. The number of nitrogens with one attached hydrogen (secondary N) is 1. The maximum atomic E-state index is 5.56. The van der Waals surface area contributed by atoms with E-state index in [1.165, 1.54) is 0 Å². The van der Waals surface area contributed by atoms with E-state index < -0.39 is 0 Å². The summed E-state index contributed by atoms with van der Waals surface area (Å²) in [5.41, 5.74) is 4.26. The van der Waals surface area contributed by atoms with Crippen LogP contribution in [0.2, 0.25) is 0 Å². The summed E-state index contributed by atoms with van der Waals surface area (Å²) in [4.78, 5) is 1.56. The van der Waals surface area contributed by atoms with Gasteiger partial charge >= 0.3 is 0 Å². The van der Waals surface area contributed by atoms with Crippen molar-refractivity contribution in [2.24, 2.45) is 5.84 Å². The molecular weight excluding hydrogens is 242 g/mol. The molecule has 96 valence electrons. The lowest BCUT2D eigenvalue weighted by molar-refractivity contribution is 0.446. The maximum absolute atomic E-state index is 5.56. The number of hydrogen-bond acceptors (Lipinski definition) is 5. The number of nitrogens with two attached hydrogens (primary N) is 1. The van der Waals surface area contributed by atoms with Crippen molar-refractivity contribution in [3.05, 3.63) is 66.4 Å². The summed E-state index contributed by atoms with van der Waals surface area (Å²) in [5, 5.41) is 8.64. The maximum Gasteiger partial charge on any atom is 0.128 e. The highest BCUT2D eigenvalue weighted by Crippen LogP contribution is 2.19. The Balaban J connectivity index is 1.93. The fourth-order valence-electron chi connectivity index (χ4n) is 1.86. The second-order valence-corrected chi connectivity index (χ2v) is 4.01. The lowest BCUT2D eigenvalue weighted by atomic mass is 10.2. The number of furan rings is 1. The van der Waals surface area contributed by atoms with Crippen molar-refractivity contribution in [2.45, 2.75) is 6.04 Å². The Hall–Kier alpha value is -2.44. The molecule has 0 amide bonds. The second kappa shape index (κ2) is 5.05. The van der Waals surface area contributed by atoms with Gasteiger partial charge in [0.05, 0.1) is 18.1 Å². The Morgan fingerprint density at radius 2 is 2.00 bits per heavy atom. The molecule has 2 aromatic heterocycles. The molecule has 19 heavy (non-hydrogen) atoms. The molecule has 0 aliphatic carbocycles. The largest absolute Gasteiger partial charge is 0.467 e. The predicted molar refractivity (Wildman–Crippen MR) is 69.2 cm³/mol. The summed E-state index contributed by atoms with van der Waals surface area (Å²) in [6.45, 7) is 0. The Morgan fingerprint density at radius 3 is 2.68 bits per heavy atom. The highest BCUT2D eigenvalue weighted by Gasteiger charge is 2.18. The molecule has 0 aliphatic rings. The molecule has 0 saturated carbocycles. The van der Waals surface area contributed by atoms with E-state index in [0.717, 1.165) is 5.69 Å². The quantitative estimate of drug-likeness (QED) is 0.544. The molecule has 0 radical (unpaired) electrons. The van der Waals surface area contributed by atoms with Crippen LogP contribution in [0.3, 0.4) is 0 Å². The number of benzene rings is 1. The third kappa shape index (κ3) is 2.26. The van der Waals surface area contributed by atoms with E-state index in [9.17, 15) is 0 Å². The minimum atomic E-state index is -0.313. The van der Waals surface area contributed by atoms with E-state index >= 15 is 0 Å².